The molecule has 3 aromatic rings. The molecule has 1 amide bonds. The van der Waals surface area contributed by atoms with E-state index in [1.807, 2.05) is 25.1 Å². The largest absolute Gasteiger partial charge is 0.472 e. The van der Waals surface area contributed by atoms with E-state index >= 15 is 0 Å². The first-order chi connectivity index (χ1) is 14.2. The molecule has 0 bridgehead atoms. The molecule has 1 saturated heterocycles. The van der Waals surface area contributed by atoms with E-state index in [1.165, 1.54) is 6.07 Å². The van der Waals surface area contributed by atoms with Crippen LogP contribution < -0.4 is 4.74 Å². The number of pyridine rings is 1. The van der Waals surface area contributed by atoms with E-state index in [9.17, 15) is 18.0 Å². The fraction of sp³-hybridized carbons (Fsp3) is 0.364. The Labute approximate surface area is 171 Å². The zero-order valence-corrected chi connectivity index (χ0v) is 16.6. The van der Waals surface area contributed by atoms with Crippen LogP contribution in [0.1, 0.15) is 36.2 Å². The second kappa shape index (κ2) is 7.66. The summed E-state index contributed by atoms with van der Waals surface area (Å²) in [6.07, 6.45) is -1.57. The van der Waals surface area contributed by atoms with Gasteiger partial charge in [0.15, 0.2) is 0 Å². The lowest BCUT2D eigenvalue weighted by atomic mass is 10.0. The summed E-state index contributed by atoms with van der Waals surface area (Å²) in [4.78, 5) is 22.0. The summed E-state index contributed by atoms with van der Waals surface area (Å²) in [7, 11) is 0. The molecular formula is C22H22F3N3O2. The van der Waals surface area contributed by atoms with Gasteiger partial charge in [0.05, 0.1) is 22.7 Å². The summed E-state index contributed by atoms with van der Waals surface area (Å²) in [5, 5.41) is 0.961. The number of amides is 1. The van der Waals surface area contributed by atoms with Gasteiger partial charge in [-0.1, -0.05) is 19.1 Å². The molecule has 1 aliphatic rings. The minimum atomic E-state index is -4.44. The molecule has 158 valence electrons. The SMILES string of the molecule is CC1CC(C(C)Oc2ccc(C(F)(F)F)cn2)N(C(=O)c2cccc3cc[nH]c23)C1. The highest BCUT2D eigenvalue weighted by Crippen LogP contribution is 2.32. The van der Waals surface area contributed by atoms with Crippen molar-refractivity contribution >= 4 is 16.8 Å². The number of rotatable bonds is 4. The molecule has 0 spiro atoms. The molecule has 30 heavy (non-hydrogen) atoms. The van der Waals surface area contributed by atoms with Crippen molar-refractivity contribution in [3.63, 3.8) is 0 Å². The van der Waals surface area contributed by atoms with Gasteiger partial charge in [-0.15, -0.1) is 0 Å². The number of benzene rings is 1. The number of fused-ring (bicyclic) bond motifs is 1. The van der Waals surface area contributed by atoms with Gasteiger partial charge in [0.1, 0.15) is 6.10 Å². The van der Waals surface area contributed by atoms with Gasteiger partial charge in [0.2, 0.25) is 5.88 Å². The number of hydrogen-bond donors (Lipinski definition) is 1. The average molecular weight is 417 g/mol. The van der Waals surface area contributed by atoms with Crippen LogP contribution in [0.4, 0.5) is 13.2 Å². The maximum Gasteiger partial charge on any atom is 0.417 e. The summed E-state index contributed by atoms with van der Waals surface area (Å²) in [5.41, 5.74) is 0.558. The number of halogens is 3. The molecule has 1 N–H and O–H groups in total. The third-order valence-corrected chi connectivity index (χ3v) is 5.54. The second-order valence-corrected chi connectivity index (χ2v) is 7.82. The average Bonchev–Trinajstić information content (AvgIpc) is 3.33. The Balaban J connectivity index is 1.53. The predicted octanol–water partition coefficient (Wildman–Crippen LogP) is 4.90. The van der Waals surface area contributed by atoms with E-state index < -0.39 is 17.8 Å². The van der Waals surface area contributed by atoms with E-state index in [2.05, 4.69) is 16.9 Å². The van der Waals surface area contributed by atoms with Gasteiger partial charge in [-0.2, -0.15) is 13.2 Å². The van der Waals surface area contributed by atoms with Crippen LogP contribution in [0.15, 0.2) is 48.8 Å². The molecule has 1 fully saturated rings. The van der Waals surface area contributed by atoms with Gasteiger partial charge in [0, 0.05) is 30.4 Å². The van der Waals surface area contributed by atoms with E-state index in [4.69, 9.17) is 4.74 Å². The number of aromatic nitrogens is 2. The van der Waals surface area contributed by atoms with Crippen molar-refractivity contribution in [2.75, 3.05) is 6.54 Å². The van der Waals surface area contributed by atoms with Crippen LogP contribution >= 0.6 is 0 Å². The zero-order chi connectivity index (χ0) is 21.5. The molecule has 4 rings (SSSR count). The van der Waals surface area contributed by atoms with Gasteiger partial charge >= 0.3 is 6.18 Å². The molecule has 1 aliphatic heterocycles. The molecule has 1 aromatic carbocycles. The Morgan fingerprint density at radius 3 is 2.77 bits per heavy atom. The Hall–Kier alpha value is -3.03. The molecule has 2 aromatic heterocycles. The van der Waals surface area contributed by atoms with Crippen LogP contribution in [0.25, 0.3) is 10.9 Å². The van der Waals surface area contributed by atoms with Gasteiger partial charge in [-0.25, -0.2) is 4.98 Å². The number of carbonyl (C=O) groups excluding carboxylic acids is 1. The van der Waals surface area contributed by atoms with Crippen molar-refractivity contribution in [2.45, 2.75) is 38.6 Å². The smallest absolute Gasteiger partial charge is 0.417 e. The van der Waals surface area contributed by atoms with Crippen LogP contribution in [-0.4, -0.2) is 39.5 Å². The number of carbonyl (C=O) groups is 1. The lowest BCUT2D eigenvalue weighted by molar-refractivity contribution is -0.137. The van der Waals surface area contributed by atoms with Crippen molar-refractivity contribution < 1.29 is 22.7 Å². The number of hydrogen-bond acceptors (Lipinski definition) is 3. The quantitative estimate of drug-likeness (QED) is 0.657. The highest BCUT2D eigenvalue weighted by atomic mass is 19.4. The Morgan fingerprint density at radius 2 is 2.07 bits per heavy atom. The summed E-state index contributed by atoms with van der Waals surface area (Å²) in [6.45, 7) is 4.48. The van der Waals surface area contributed by atoms with Crippen molar-refractivity contribution in [3.05, 3.63) is 59.9 Å². The number of nitrogens with one attached hydrogen (secondary N) is 1. The normalized spacial score (nSPS) is 20.5. The van der Waals surface area contributed by atoms with Crippen molar-refractivity contribution in [1.29, 1.82) is 0 Å². The summed E-state index contributed by atoms with van der Waals surface area (Å²) >= 11 is 0. The van der Waals surface area contributed by atoms with Crippen molar-refractivity contribution in [1.82, 2.24) is 14.9 Å². The number of aromatic amines is 1. The van der Waals surface area contributed by atoms with Gasteiger partial charge in [0.25, 0.3) is 5.91 Å². The topological polar surface area (TPSA) is 58.2 Å². The molecule has 5 nitrogen and oxygen atoms in total. The van der Waals surface area contributed by atoms with Gasteiger partial charge in [-0.3, -0.25) is 4.79 Å². The van der Waals surface area contributed by atoms with Crippen molar-refractivity contribution in [3.8, 4) is 5.88 Å². The van der Waals surface area contributed by atoms with E-state index in [0.29, 0.717) is 12.1 Å². The monoisotopic (exact) mass is 417 g/mol. The maximum atomic E-state index is 13.3. The third kappa shape index (κ3) is 3.86. The maximum absolute atomic E-state index is 13.3. The number of nitrogens with zero attached hydrogens (tertiary/aromatic N) is 2. The first-order valence-electron chi connectivity index (χ1n) is 9.81. The molecule has 0 radical (unpaired) electrons. The van der Waals surface area contributed by atoms with E-state index in [0.717, 1.165) is 29.6 Å². The second-order valence-electron chi connectivity index (χ2n) is 7.82. The number of ether oxygens (including phenoxy) is 1. The fourth-order valence-corrected chi connectivity index (χ4v) is 4.07. The predicted molar refractivity (Wildman–Crippen MR) is 106 cm³/mol. The lowest BCUT2D eigenvalue weighted by Gasteiger charge is -2.30. The molecular weight excluding hydrogens is 395 g/mol. The standard InChI is InChI=1S/C22H22F3N3O2/c1-13-10-18(14(2)30-19-7-6-16(11-27-19)22(23,24)25)28(12-13)21(29)17-5-3-4-15-8-9-26-20(15)17/h3-9,11,13-14,18,26H,10,12H2,1-2H3. The number of alkyl halides is 3. The summed E-state index contributed by atoms with van der Waals surface area (Å²) in [6, 6.07) is 9.45. The molecule has 3 heterocycles. The zero-order valence-electron chi connectivity index (χ0n) is 16.6. The lowest BCUT2D eigenvalue weighted by Crippen LogP contribution is -2.44. The summed E-state index contributed by atoms with van der Waals surface area (Å²) < 4.78 is 44.0. The molecule has 0 saturated carbocycles. The highest BCUT2D eigenvalue weighted by molar-refractivity contribution is 6.05. The minimum absolute atomic E-state index is 0.0896. The van der Waals surface area contributed by atoms with Crippen LogP contribution in [0.3, 0.4) is 0 Å². The van der Waals surface area contributed by atoms with Crippen LogP contribution in [-0.2, 0) is 6.18 Å². The number of para-hydroxylation sites is 1. The van der Waals surface area contributed by atoms with Crippen molar-refractivity contribution in [2.24, 2.45) is 5.92 Å². The van der Waals surface area contributed by atoms with E-state index in [-0.39, 0.29) is 23.7 Å². The first kappa shape index (κ1) is 20.3. The van der Waals surface area contributed by atoms with E-state index in [1.54, 1.807) is 17.2 Å². The minimum Gasteiger partial charge on any atom is -0.472 e. The number of H-pyrrole nitrogens is 1. The Bertz CT molecular complexity index is 1050. The molecule has 8 heteroatoms. The number of likely N-dealkylation sites (tertiary alicyclic amines) is 1. The van der Waals surface area contributed by atoms with Crippen LogP contribution in [0.5, 0.6) is 5.88 Å². The van der Waals surface area contributed by atoms with Gasteiger partial charge in [-0.05, 0) is 37.5 Å². The first-order valence-corrected chi connectivity index (χ1v) is 9.81. The molecule has 0 aliphatic carbocycles. The Kier molecular flexibility index (Phi) is 5.17. The van der Waals surface area contributed by atoms with Crippen LogP contribution in [0.2, 0.25) is 0 Å². The highest BCUT2D eigenvalue weighted by Gasteiger charge is 2.38. The molecule has 3 unspecified atom stereocenters. The van der Waals surface area contributed by atoms with Crippen LogP contribution in [0, 0.1) is 5.92 Å². The fourth-order valence-electron chi connectivity index (χ4n) is 4.07. The summed E-state index contributed by atoms with van der Waals surface area (Å²) in [5.74, 6) is 0.301. The third-order valence-electron chi connectivity index (χ3n) is 5.54. The van der Waals surface area contributed by atoms with Gasteiger partial charge < -0.3 is 14.6 Å². The Morgan fingerprint density at radius 1 is 1.27 bits per heavy atom. The molecule has 3 atom stereocenters.